The standard InChI is InChI=1S/C23H14Cl3F3N2O/c24-18-6-4-13(8-17(18)23(27,28)29)16(9-14-10-19(25)20(26)11-31-14)15-5-3-12-2-1-7-30-21(12)22(15)32/h1-8,10-11,16,32H,9H2. The van der Waals surface area contributed by atoms with Gasteiger partial charge in [-0.05, 0) is 29.8 Å². The van der Waals surface area contributed by atoms with Crippen molar-refractivity contribution in [1.29, 1.82) is 0 Å². The number of aromatic hydroxyl groups is 1. The Bertz CT molecular complexity index is 1310. The molecule has 9 heteroatoms. The first-order valence-corrected chi connectivity index (χ1v) is 10.5. The van der Waals surface area contributed by atoms with E-state index >= 15 is 0 Å². The molecule has 164 valence electrons. The van der Waals surface area contributed by atoms with E-state index in [1.54, 1.807) is 30.3 Å². The van der Waals surface area contributed by atoms with Crippen LogP contribution in [0.15, 0.2) is 60.9 Å². The number of halogens is 6. The molecule has 0 aliphatic rings. The molecule has 32 heavy (non-hydrogen) atoms. The number of phenols is 1. The van der Waals surface area contributed by atoms with Crippen molar-refractivity contribution in [1.82, 2.24) is 9.97 Å². The molecule has 1 unspecified atom stereocenters. The Morgan fingerprint density at radius 3 is 2.41 bits per heavy atom. The smallest absolute Gasteiger partial charge is 0.417 e. The molecule has 0 amide bonds. The van der Waals surface area contributed by atoms with E-state index < -0.39 is 22.7 Å². The predicted molar refractivity (Wildman–Crippen MR) is 120 cm³/mol. The summed E-state index contributed by atoms with van der Waals surface area (Å²) in [7, 11) is 0. The Balaban J connectivity index is 1.90. The third-order valence-electron chi connectivity index (χ3n) is 5.13. The first kappa shape index (κ1) is 22.6. The molecule has 0 spiro atoms. The van der Waals surface area contributed by atoms with E-state index in [9.17, 15) is 18.3 Å². The van der Waals surface area contributed by atoms with E-state index in [1.165, 1.54) is 24.5 Å². The summed E-state index contributed by atoms with van der Waals surface area (Å²) in [4.78, 5) is 8.46. The largest absolute Gasteiger partial charge is 0.505 e. The van der Waals surface area contributed by atoms with Gasteiger partial charge in [-0.2, -0.15) is 13.2 Å². The molecule has 0 bridgehead atoms. The normalized spacial score (nSPS) is 12.8. The first-order chi connectivity index (χ1) is 15.1. The molecule has 4 aromatic rings. The number of rotatable bonds is 4. The summed E-state index contributed by atoms with van der Waals surface area (Å²) in [6, 6.07) is 12.2. The maximum Gasteiger partial charge on any atom is 0.417 e. The molecule has 0 aliphatic carbocycles. The molecule has 0 radical (unpaired) electrons. The average molecular weight is 498 g/mol. The highest BCUT2D eigenvalue weighted by Crippen LogP contribution is 2.41. The summed E-state index contributed by atoms with van der Waals surface area (Å²) < 4.78 is 40.6. The molecule has 0 aliphatic heterocycles. The number of hydrogen-bond acceptors (Lipinski definition) is 3. The Morgan fingerprint density at radius 1 is 0.906 bits per heavy atom. The number of fused-ring (bicyclic) bond motifs is 1. The van der Waals surface area contributed by atoms with Crippen molar-refractivity contribution in [3.8, 4) is 5.75 Å². The lowest BCUT2D eigenvalue weighted by Gasteiger charge is -2.21. The predicted octanol–water partition coefficient (Wildman–Crippen LogP) is 7.69. The second-order valence-corrected chi connectivity index (χ2v) is 8.38. The summed E-state index contributed by atoms with van der Waals surface area (Å²) >= 11 is 17.9. The van der Waals surface area contributed by atoms with Crippen molar-refractivity contribution in [2.75, 3.05) is 0 Å². The molecular formula is C23H14Cl3F3N2O. The molecule has 4 rings (SSSR count). The van der Waals surface area contributed by atoms with Gasteiger partial charge in [0.15, 0.2) is 0 Å². The van der Waals surface area contributed by atoms with Crippen LogP contribution in [0.5, 0.6) is 5.75 Å². The zero-order valence-corrected chi connectivity index (χ0v) is 18.4. The number of phenolic OH excluding ortho intramolecular Hbond substituents is 1. The van der Waals surface area contributed by atoms with Gasteiger partial charge in [0.1, 0.15) is 11.3 Å². The minimum Gasteiger partial charge on any atom is -0.505 e. The van der Waals surface area contributed by atoms with Gasteiger partial charge in [0.25, 0.3) is 0 Å². The Labute approximate surface area is 196 Å². The van der Waals surface area contributed by atoms with E-state index in [0.717, 1.165) is 6.07 Å². The fraction of sp³-hybridized carbons (Fsp3) is 0.130. The molecule has 1 atom stereocenters. The topological polar surface area (TPSA) is 46.0 Å². The fourth-order valence-electron chi connectivity index (χ4n) is 3.59. The van der Waals surface area contributed by atoms with Crippen LogP contribution in [0.4, 0.5) is 13.2 Å². The first-order valence-electron chi connectivity index (χ1n) is 9.38. The van der Waals surface area contributed by atoms with Gasteiger partial charge in [-0.15, -0.1) is 0 Å². The van der Waals surface area contributed by atoms with Crippen LogP contribution in [-0.2, 0) is 12.6 Å². The molecule has 0 fully saturated rings. The van der Waals surface area contributed by atoms with Gasteiger partial charge in [-0.25, -0.2) is 0 Å². The lowest BCUT2D eigenvalue weighted by molar-refractivity contribution is -0.137. The third-order valence-corrected chi connectivity index (χ3v) is 6.17. The zero-order chi connectivity index (χ0) is 23.0. The summed E-state index contributed by atoms with van der Waals surface area (Å²) in [5.74, 6) is -0.804. The molecule has 1 N–H and O–H groups in total. The zero-order valence-electron chi connectivity index (χ0n) is 16.2. The van der Waals surface area contributed by atoms with Gasteiger partial charge in [0, 0.05) is 41.4 Å². The summed E-state index contributed by atoms with van der Waals surface area (Å²) in [5.41, 5.74) is 0.595. The molecule has 2 heterocycles. The Hall–Kier alpha value is -2.54. The molecule has 0 saturated carbocycles. The third kappa shape index (κ3) is 4.49. The summed E-state index contributed by atoms with van der Waals surface area (Å²) in [6.07, 6.45) is -1.57. The fourth-order valence-corrected chi connectivity index (χ4v) is 4.09. The van der Waals surface area contributed by atoms with Crippen LogP contribution in [0.25, 0.3) is 10.9 Å². The van der Waals surface area contributed by atoms with Gasteiger partial charge >= 0.3 is 6.18 Å². The minimum absolute atomic E-state index is 0.114. The van der Waals surface area contributed by atoms with Gasteiger partial charge in [0.2, 0.25) is 0 Å². The molecule has 2 aromatic heterocycles. The average Bonchev–Trinajstić information content (AvgIpc) is 2.75. The van der Waals surface area contributed by atoms with E-state index in [4.69, 9.17) is 34.8 Å². The Kier molecular flexibility index (Phi) is 6.21. The van der Waals surface area contributed by atoms with Gasteiger partial charge in [-0.1, -0.05) is 59.1 Å². The monoisotopic (exact) mass is 496 g/mol. The van der Waals surface area contributed by atoms with E-state index in [2.05, 4.69) is 9.97 Å². The molecule has 2 aromatic carbocycles. The highest BCUT2D eigenvalue weighted by Gasteiger charge is 2.34. The second-order valence-electron chi connectivity index (χ2n) is 7.16. The van der Waals surface area contributed by atoms with E-state index in [0.29, 0.717) is 27.7 Å². The number of alkyl halides is 3. The maximum atomic E-state index is 13.5. The van der Waals surface area contributed by atoms with Gasteiger partial charge in [-0.3, -0.25) is 9.97 Å². The van der Waals surface area contributed by atoms with Crippen molar-refractivity contribution < 1.29 is 18.3 Å². The number of benzene rings is 2. The van der Waals surface area contributed by atoms with Gasteiger partial charge in [0.05, 0.1) is 20.6 Å². The number of hydrogen-bond donors (Lipinski definition) is 1. The lowest BCUT2D eigenvalue weighted by Crippen LogP contribution is -2.11. The highest BCUT2D eigenvalue weighted by atomic mass is 35.5. The Morgan fingerprint density at radius 2 is 1.69 bits per heavy atom. The maximum absolute atomic E-state index is 13.5. The van der Waals surface area contributed by atoms with Crippen LogP contribution >= 0.6 is 34.8 Å². The summed E-state index contributed by atoms with van der Waals surface area (Å²) in [6.45, 7) is 0. The van der Waals surface area contributed by atoms with Crippen LogP contribution in [0, 0.1) is 0 Å². The molecular weight excluding hydrogens is 484 g/mol. The molecule has 0 saturated heterocycles. The minimum atomic E-state index is -4.63. The summed E-state index contributed by atoms with van der Waals surface area (Å²) in [5, 5.41) is 11.8. The van der Waals surface area contributed by atoms with Crippen LogP contribution in [0.1, 0.15) is 28.3 Å². The van der Waals surface area contributed by atoms with Crippen molar-refractivity contribution in [2.24, 2.45) is 0 Å². The van der Waals surface area contributed by atoms with Gasteiger partial charge < -0.3 is 5.11 Å². The SMILES string of the molecule is Oc1c(C(Cc2cc(Cl)c(Cl)cn2)c2ccc(Cl)c(C(F)(F)F)c2)ccc2cccnc12. The molecule has 3 nitrogen and oxygen atoms in total. The van der Waals surface area contributed by atoms with Crippen molar-refractivity contribution in [3.63, 3.8) is 0 Å². The lowest BCUT2D eigenvalue weighted by atomic mass is 9.85. The van der Waals surface area contributed by atoms with E-state index in [-0.39, 0.29) is 22.2 Å². The number of pyridine rings is 2. The van der Waals surface area contributed by atoms with Crippen molar-refractivity contribution >= 4 is 45.7 Å². The second kappa shape index (κ2) is 8.77. The van der Waals surface area contributed by atoms with Crippen molar-refractivity contribution in [3.05, 3.63) is 98.4 Å². The van der Waals surface area contributed by atoms with Crippen LogP contribution < -0.4 is 0 Å². The van der Waals surface area contributed by atoms with Crippen LogP contribution in [0.2, 0.25) is 15.1 Å². The van der Waals surface area contributed by atoms with E-state index in [1.807, 2.05) is 0 Å². The number of aromatic nitrogens is 2. The van der Waals surface area contributed by atoms with Crippen molar-refractivity contribution in [2.45, 2.75) is 18.5 Å². The van der Waals surface area contributed by atoms with Crippen LogP contribution in [-0.4, -0.2) is 15.1 Å². The van der Waals surface area contributed by atoms with Crippen LogP contribution in [0.3, 0.4) is 0 Å². The highest BCUT2D eigenvalue weighted by molar-refractivity contribution is 6.41. The quantitative estimate of drug-likeness (QED) is 0.314. The number of nitrogens with zero attached hydrogens (tertiary/aromatic N) is 2.